The van der Waals surface area contributed by atoms with Crippen LogP contribution in [0, 0.1) is 24.2 Å². The van der Waals surface area contributed by atoms with Crippen LogP contribution in [0.3, 0.4) is 0 Å². The zero-order valence-electron chi connectivity index (χ0n) is 22.3. The molecular formula is C31H33N5O3. The zero-order valence-corrected chi connectivity index (χ0v) is 22.3. The van der Waals surface area contributed by atoms with Crippen LogP contribution in [0.15, 0.2) is 72.1 Å². The van der Waals surface area contributed by atoms with E-state index >= 15 is 0 Å². The molecule has 0 radical (unpaired) electrons. The van der Waals surface area contributed by atoms with Crippen molar-refractivity contribution in [3.8, 4) is 11.8 Å². The number of aromatic nitrogens is 2. The summed E-state index contributed by atoms with van der Waals surface area (Å²) >= 11 is 0. The van der Waals surface area contributed by atoms with E-state index in [0.717, 1.165) is 48.4 Å². The van der Waals surface area contributed by atoms with Gasteiger partial charge in [0.25, 0.3) is 5.91 Å². The number of aryl methyl sites for hydroxylation is 1. The third kappa shape index (κ3) is 6.33. The summed E-state index contributed by atoms with van der Waals surface area (Å²) < 4.78 is 13.6. The maximum absolute atomic E-state index is 13.0. The maximum Gasteiger partial charge on any atom is 0.255 e. The molecule has 0 saturated carbocycles. The molecule has 3 aromatic rings. The Balaban J connectivity index is 1.30. The van der Waals surface area contributed by atoms with E-state index in [4.69, 9.17) is 9.47 Å². The highest BCUT2D eigenvalue weighted by molar-refractivity contribution is 6.04. The average molecular weight is 524 g/mol. The van der Waals surface area contributed by atoms with Gasteiger partial charge in [-0.15, -0.1) is 0 Å². The Kier molecular flexibility index (Phi) is 8.30. The first kappa shape index (κ1) is 26.5. The SMILES string of the molecule is Cc1ccc(NC(=O)c2cccc(C(C)C#N)c2)cc1-n1cc(C2C=NC=CC2OCC2CCOCC2)cn1. The number of rotatable bonds is 8. The van der Waals surface area contributed by atoms with Crippen LogP contribution >= 0.6 is 0 Å². The van der Waals surface area contributed by atoms with Gasteiger partial charge in [-0.3, -0.25) is 9.79 Å². The summed E-state index contributed by atoms with van der Waals surface area (Å²) in [5.41, 5.74) is 4.89. The number of anilines is 1. The van der Waals surface area contributed by atoms with Crippen LogP contribution in [-0.4, -0.2) is 47.8 Å². The van der Waals surface area contributed by atoms with Gasteiger partial charge in [-0.25, -0.2) is 4.68 Å². The van der Waals surface area contributed by atoms with Crippen molar-refractivity contribution in [1.29, 1.82) is 5.26 Å². The molecule has 3 unspecified atom stereocenters. The molecule has 1 fully saturated rings. The highest BCUT2D eigenvalue weighted by Gasteiger charge is 2.26. The van der Waals surface area contributed by atoms with Crippen molar-refractivity contribution in [2.24, 2.45) is 10.9 Å². The Morgan fingerprint density at radius 3 is 2.92 bits per heavy atom. The maximum atomic E-state index is 13.0. The molecule has 1 saturated heterocycles. The Morgan fingerprint density at radius 1 is 1.26 bits per heavy atom. The second kappa shape index (κ2) is 12.2. The van der Waals surface area contributed by atoms with Gasteiger partial charge in [0.2, 0.25) is 0 Å². The molecule has 0 bridgehead atoms. The summed E-state index contributed by atoms with van der Waals surface area (Å²) in [6.07, 6.45) is 11.5. The molecule has 8 heteroatoms. The number of hydrogen-bond acceptors (Lipinski definition) is 6. The molecule has 1 N–H and O–H groups in total. The molecule has 2 aliphatic rings. The van der Waals surface area contributed by atoms with Crippen LogP contribution in [0.2, 0.25) is 0 Å². The van der Waals surface area contributed by atoms with Crippen molar-refractivity contribution in [3.05, 3.63) is 89.4 Å². The van der Waals surface area contributed by atoms with Gasteiger partial charge in [-0.05, 0) is 74.1 Å². The van der Waals surface area contributed by atoms with E-state index in [1.165, 1.54) is 0 Å². The van der Waals surface area contributed by atoms with Crippen LogP contribution in [0.25, 0.3) is 5.69 Å². The number of nitriles is 1. The Morgan fingerprint density at radius 2 is 2.10 bits per heavy atom. The Bertz CT molecular complexity index is 1410. The lowest BCUT2D eigenvalue weighted by molar-refractivity contribution is 0.00141. The molecule has 1 aromatic heterocycles. The second-order valence-electron chi connectivity index (χ2n) is 10.2. The van der Waals surface area contributed by atoms with Crippen LogP contribution < -0.4 is 5.32 Å². The average Bonchev–Trinajstić information content (AvgIpc) is 3.47. The van der Waals surface area contributed by atoms with Crippen molar-refractivity contribution in [2.75, 3.05) is 25.1 Å². The van der Waals surface area contributed by atoms with Crippen molar-refractivity contribution in [1.82, 2.24) is 9.78 Å². The molecule has 2 aliphatic heterocycles. The monoisotopic (exact) mass is 523 g/mol. The predicted octanol–water partition coefficient (Wildman–Crippen LogP) is 5.55. The molecule has 0 spiro atoms. The molecule has 8 nitrogen and oxygen atoms in total. The number of aliphatic imine (C=N–C) groups is 1. The predicted molar refractivity (Wildman–Crippen MR) is 150 cm³/mol. The van der Waals surface area contributed by atoms with Crippen molar-refractivity contribution >= 4 is 17.8 Å². The van der Waals surface area contributed by atoms with Gasteiger partial charge in [0.1, 0.15) is 0 Å². The fraction of sp³-hybridized carbons (Fsp3) is 0.355. The topological polar surface area (TPSA) is 102 Å². The summed E-state index contributed by atoms with van der Waals surface area (Å²) in [5.74, 6) is -0.0240. The second-order valence-corrected chi connectivity index (χ2v) is 10.2. The first-order valence-electron chi connectivity index (χ1n) is 13.4. The van der Waals surface area contributed by atoms with E-state index in [1.807, 2.05) is 67.5 Å². The molecule has 3 heterocycles. The lowest BCUT2D eigenvalue weighted by Crippen LogP contribution is -2.28. The van der Waals surface area contributed by atoms with Gasteiger partial charge >= 0.3 is 0 Å². The number of nitrogens with zero attached hydrogens (tertiary/aromatic N) is 4. The molecule has 1 amide bonds. The normalized spacial score (nSPS) is 19.9. The molecular weight excluding hydrogens is 490 g/mol. The van der Waals surface area contributed by atoms with Gasteiger partial charge in [0.15, 0.2) is 0 Å². The van der Waals surface area contributed by atoms with E-state index in [9.17, 15) is 10.1 Å². The van der Waals surface area contributed by atoms with Crippen molar-refractivity contribution in [2.45, 2.75) is 44.6 Å². The summed E-state index contributed by atoms with van der Waals surface area (Å²) in [6, 6.07) is 15.1. The van der Waals surface area contributed by atoms with Crippen molar-refractivity contribution in [3.63, 3.8) is 0 Å². The molecule has 3 atom stereocenters. The fourth-order valence-corrected chi connectivity index (χ4v) is 4.88. The van der Waals surface area contributed by atoms with E-state index in [-0.39, 0.29) is 23.8 Å². The number of amides is 1. The standard InChI is InChI=1S/C31H33N5O3/c1-21-6-7-27(35-31(37)25-5-3-4-24(14-25)22(2)16-32)15-29(21)36-19-26(17-34-36)28-18-33-11-8-30(28)39-20-23-9-12-38-13-10-23/h3-8,11,14-15,17-19,22-23,28,30H,9-10,12-13,20H2,1-2H3,(H,35,37). The van der Waals surface area contributed by atoms with Gasteiger partial charge in [-0.1, -0.05) is 18.2 Å². The summed E-state index contributed by atoms with van der Waals surface area (Å²) in [4.78, 5) is 17.3. The van der Waals surface area contributed by atoms with Gasteiger partial charge in [-0.2, -0.15) is 10.4 Å². The van der Waals surface area contributed by atoms with Crippen LogP contribution in [0.1, 0.15) is 58.6 Å². The highest BCUT2D eigenvalue weighted by atomic mass is 16.5. The minimum atomic E-state index is -0.283. The van der Waals surface area contributed by atoms with E-state index in [0.29, 0.717) is 23.8 Å². The van der Waals surface area contributed by atoms with E-state index in [2.05, 4.69) is 21.5 Å². The Labute approximate surface area is 229 Å². The molecule has 2 aromatic carbocycles. The largest absolute Gasteiger partial charge is 0.381 e. The number of nitrogens with one attached hydrogen (secondary N) is 1. The Hall–Kier alpha value is -4.06. The number of carbonyl (C=O) groups excluding carboxylic acids is 1. The van der Waals surface area contributed by atoms with E-state index < -0.39 is 0 Å². The number of hydrogen-bond donors (Lipinski definition) is 1. The van der Waals surface area contributed by atoms with Crippen LogP contribution in [0.5, 0.6) is 0 Å². The first-order valence-corrected chi connectivity index (χ1v) is 13.4. The number of carbonyl (C=O) groups is 1. The molecule has 39 heavy (non-hydrogen) atoms. The van der Waals surface area contributed by atoms with Crippen molar-refractivity contribution < 1.29 is 14.3 Å². The molecule has 200 valence electrons. The van der Waals surface area contributed by atoms with Gasteiger partial charge in [0.05, 0.1) is 42.5 Å². The first-order chi connectivity index (χ1) is 19.0. The molecule has 0 aliphatic carbocycles. The number of ether oxygens (including phenoxy) is 2. The van der Waals surface area contributed by atoms with E-state index in [1.54, 1.807) is 24.4 Å². The zero-order chi connectivity index (χ0) is 27.2. The fourth-order valence-electron chi connectivity index (χ4n) is 4.88. The van der Waals surface area contributed by atoms with Gasteiger partial charge < -0.3 is 14.8 Å². The minimum absolute atomic E-state index is 0.0325. The minimum Gasteiger partial charge on any atom is -0.381 e. The lowest BCUT2D eigenvalue weighted by Gasteiger charge is -2.27. The summed E-state index contributed by atoms with van der Waals surface area (Å²) in [5, 5.41) is 16.8. The summed E-state index contributed by atoms with van der Waals surface area (Å²) in [6.45, 7) is 6.14. The molecule has 5 rings (SSSR count). The van der Waals surface area contributed by atoms with Crippen LogP contribution in [0.4, 0.5) is 5.69 Å². The lowest BCUT2D eigenvalue weighted by atomic mass is 9.95. The number of benzene rings is 2. The van der Waals surface area contributed by atoms with Crippen LogP contribution in [-0.2, 0) is 9.47 Å². The summed E-state index contributed by atoms with van der Waals surface area (Å²) in [7, 11) is 0. The highest BCUT2D eigenvalue weighted by Crippen LogP contribution is 2.28. The third-order valence-corrected chi connectivity index (χ3v) is 7.37. The smallest absolute Gasteiger partial charge is 0.255 e. The van der Waals surface area contributed by atoms with Gasteiger partial charge in [0, 0.05) is 48.6 Å². The quantitative estimate of drug-likeness (QED) is 0.417. The third-order valence-electron chi connectivity index (χ3n) is 7.37.